The van der Waals surface area contributed by atoms with Crippen molar-refractivity contribution in [3.8, 4) is 0 Å². The Balaban J connectivity index is 1.79. The number of amides is 1. The lowest BCUT2D eigenvalue weighted by Gasteiger charge is -2.23. The Morgan fingerprint density at radius 2 is 1.90 bits per heavy atom. The minimum atomic E-state index is -0.848. The number of alkyl carbamates (subject to hydrolysis) is 1. The predicted octanol–water partition coefficient (Wildman–Crippen LogP) is 3.64. The van der Waals surface area contributed by atoms with E-state index in [2.05, 4.69) is 20.3 Å². The van der Waals surface area contributed by atoms with Gasteiger partial charge in [0.2, 0.25) is 0 Å². The van der Waals surface area contributed by atoms with E-state index >= 15 is 0 Å². The van der Waals surface area contributed by atoms with Crippen LogP contribution in [0.3, 0.4) is 0 Å². The molecule has 0 radical (unpaired) electrons. The molecule has 2 heterocycles. The average Bonchev–Trinajstić information content (AvgIpc) is 3.11. The lowest BCUT2D eigenvalue weighted by atomic mass is 10.2. The molecular weight excluding hydrogens is 410 g/mol. The van der Waals surface area contributed by atoms with Gasteiger partial charge in [-0.05, 0) is 26.3 Å². The second-order valence-corrected chi connectivity index (χ2v) is 7.86. The molecule has 0 aliphatic rings. The van der Waals surface area contributed by atoms with Crippen molar-refractivity contribution < 1.29 is 19.1 Å². The zero-order chi connectivity index (χ0) is 21.7. The minimum absolute atomic E-state index is 0.0878. The van der Waals surface area contributed by atoms with Crippen molar-refractivity contribution in [3.05, 3.63) is 53.7 Å². The van der Waals surface area contributed by atoms with Crippen LogP contribution in [0.5, 0.6) is 0 Å². The van der Waals surface area contributed by atoms with Crippen LogP contribution in [0.4, 0.5) is 4.79 Å². The standard InChI is InChI=1S/C20H22ClN5O4/c1-20(2,3)30-15(27)9-14(25-19(28)29-10-13-7-5-4-6-8-13)26-12-24-16-17(21)22-11-23-18(16)26/h4-8,11-12,14H,9-10H2,1-3H3,(H,25,28). The molecule has 1 amide bonds. The first kappa shape index (κ1) is 21.5. The molecule has 1 aromatic carbocycles. The van der Waals surface area contributed by atoms with Crippen LogP contribution in [0.25, 0.3) is 11.2 Å². The molecule has 10 heteroatoms. The molecule has 158 valence electrons. The normalized spacial score (nSPS) is 12.4. The van der Waals surface area contributed by atoms with E-state index in [1.54, 1.807) is 20.8 Å². The monoisotopic (exact) mass is 431 g/mol. The number of rotatable bonds is 6. The lowest BCUT2D eigenvalue weighted by Crippen LogP contribution is -2.36. The third-order valence-corrected chi connectivity index (χ3v) is 4.20. The summed E-state index contributed by atoms with van der Waals surface area (Å²) in [4.78, 5) is 37.1. The summed E-state index contributed by atoms with van der Waals surface area (Å²) in [6.07, 6.45) is 0.998. The second-order valence-electron chi connectivity index (χ2n) is 7.50. The Morgan fingerprint density at radius 1 is 1.17 bits per heavy atom. The molecule has 0 bridgehead atoms. The highest BCUT2D eigenvalue weighted by Gasteiger charge is 2.25. The van der Waals surface area contributed by atoms with Crippen molar-refractivity contribution in [2.45, 2.75) is 45.6 Å². The highest BCUT2D eigenvalue weighted by Crippen LogP contribution is 2.22. The summed E-state index contributed by atoms with van der Waals surface area (Å²) in [5.41, 5.74) is 0.890. The van der Waals surface area contributed by atoms with Crippen molar-refractivity contribution >= 4 is 34.8 Å². The average molecular weight is 432 g/mol. The molecule has 2 aromatic heterocycles. The molecule has 1 N–H and O–H groups in total. The molecule has 0 spiro atoms. The lowest BCUT2D eigenvalue weighted by molar-refractivity contribution is -0.155. The Hall–Kier alpha value is -3.20. The number of hydrogen-bond acceptors (Lipinski definition) is 7. The van der Waals surface area contributed by atoms with Crippen LogP contribution in [0.15, 0.2) is 43.0 Å². The van der Waals surface area contributed by atoms with E-state index in [1.165, 1.54) is 17.2 Å². The topological polar surface area (TPSA) is 108 Å². The fourth-order valence-electron chi connectivity index (χ4n) is 2.71. The quantitative estimate of drug-likeness (QED) is 0.468. The molecule has 0 fully saturated rings. The molecule has 0 aliphatic heterocycles. The van der Waals surface area contributed by atoms with E-state index in [0.29, 0.717) is 11.2 Å². The third-order valence-electron chi connectivity index (χ3n) is 3.93. The smallest absolute Gasteiger partial charge is 0.409 e. The van der Waals surface area contributed by atoms with Gasteiger partial charge in [0.15, 0.2) is 10.8 Å². The maximum Gasteiger partial charge on any atom is 0.409 e. The first-order valence-corrected chi connectivity index (χ1v) is 9.63. The van der Waals surface area contributed by atoms with E-state index in [4.69, 9.17) is 21.1 Å². The number of imidazole rings is 1. The van der Waals surface area contributed by atoms with Gasteiger partial charge in [-0.15, -0.1) is 0 Å². The van der Waals surface area contributed by atoms with E-state index < -0.39 is 23.8 Å². The summed E-state index contributed by atoms with van der Waals surface area (Å²) in [5, 5.41) is 2.84. The maximum absolute atomic E-state index is 12.4. The van der Waals surface area contributed by atoms with Crippen LogP contribution >= 0.6 is 11.6 Å². The molecule has 3 aromatic rings. The number of esters is 1. The maximum atomic E-state index is 12.4. The van der Waals surface area contributed by atoms with E-state index in [1.807, 2.05) is 30.3 Å². The number of aromatic nitrogens is 4. The van der Waals surface area contributed by atoms with E-state index in [-0.39, 0.29) is 18.2 Å². The van der Waals surface area contributed by atoms with Crippen LogP contribution < -0.4 is 5.32 Å². The van der Waals surface area contributed by atoms with Gasteiger partial charge in [-0.25, -0.2) is 19.7 Å². The van der Waals surface area contributed by atoms with Gasteiger partial charge in [-0.3, -0.25) is 9.36 Å². The van der Waals surface area contributed by atoms with Crippen LogP contribution in [0.2, 0.25) is 5.15 Å². The third kappa shape index (κ3) is 5.66. The van der Waals surface area contributed by atoms with Crippen molar-refractivity contribution in [1.29, 1.82) is 0 Å². The van der Waals surface area contributed by atoms with Crippen molar-refractivity contribution in [2.24, 2.45) is 0 Å². The first-order valence-electron chi connectivity index (χ1n) is 9.25. The van der Waals surface area contributed by atoms with Crippen LogP contribution in [-0.2, 0) is 20.9 Å². The molecule has 3 rings (SSSR count). The highest BCUT2D eigenvalue weighted by molar-refractivity contribution is 6.33. The number of halogens is 1. The summed E-state index contributed by atoms with van der Waals surface area (Å²) in [6, 6.07) is 9.26. The van der Waals surface area contributed by atoms with Gasteiger partial charge in [0.05, 0.1) is 12.7 Å². The summed E-state index contributed by atoms with van der Waals surface area (Å²) in [6.45, 7) is 5.38. The Kier molecular flexibility index (Phi) is 6.51. The van der Waals surface area contributed by atoms with Gasteiger partial charge < -0.3 is 14.8 Å². The summed E-state index contributed by atoms with van der Waals surface area (Å²) >= 11 is 6.06. The predicted molar refractivity (Wildman–Crippen MR) is 110 cm³/mol. The minimum Gasteiger partial charge on any atom is -0.460 e. The van der Waals surface area contributed by atoms with Crippen molar-refractivity contribution in [1.82, 2.24) is 24.8 Å². The second kappa shape index (κ2) is 9.08. The van der Waals surface area contributed by atoms with Gasteiger partial charge in [-0.1, -0.05) is 41.9 Å². The largest absolute Gasteiger partial charge is 0.460 e. The molecule has 0 saturated heterocycles. The molecule has 1 unspecified atom stereocenters. The van der Waals surface area contributed by atoms with Crippen LogP contribution in [0.1, 0.15) is 38.9 Å². The number of benzene rings is 1. The number of nitrogens with one attached hydrogen (secondary N) is 1. The van der Waals surface area contributed by atoms with Crippen molar-refractivity contribution in [3.63, 3.8) is 0 Å². The number of carbonyl (C=O) groups excluding carboxylic acids is 2. The molecule has 30 heavy (non-hydrogen) atoms. The summed E-state index contributed by atoms with van der Waals surface area (Å²) in [7, 11) is 0. The zero-order valence-electron chi connectivity index (χ0n) is 16.8. The van der Waals surface area contributed by atoms with Gasteiger partial charge in [-0.2, -0.15) is 0 Å². The zero-order valence-corrected chi connectivity index (χ0v) is 17.6. The van der Waals surface area contributed by atoms with Gasteiger partial charge in [0.1, 0.15) is 30.2 Å². The van der Waals surface area contributed by atoms with Gasteiger partial charge in [0, 0.05) is 0 Å². The number of carbonyl (C=O) groups is 2. The molecule has 9 nitrogen and oxygen atoms in total. The summed E-state index contributed by atoms with van der Waals surface area (Å²) < 4.78 is 12.2. The number of hydrogen-bond donors (Lipinski definition) is 1. The Morgan fingerprint density at radius 3 is 2.60 bits per heavy atom. The Bertz CT molecular complexity index is 1030. The molecular formula is C20H22ClN5O4. The fourth-order valence-corrected chi connectivity index (χ4v) is 2.89. The van der Waals surface area contributed by atoms with E-state index in [0.717, 1.165) is 5.56 Å². The van der Waals surface area contributed by atoms with Gasteiger partial charge in [0.25, 0.3) is 0 Å². The van der Waals surface area contributed by atoms with Crippen molar-refractivity contribution in [2.75, 3.05) is 0 Å². The Labute approximate surface area is 178 Å². The highest BCUT2D eigenvalue weighted by atomic mass is 35.5. The van der Waals surface area contributed by atoms with Gasteiger partial charge >= 0.3 is 12.1 Å². The van der Waals surface area contributed by atoms with Crippen LogP contribution in [0, 0.1) is 0 Å². The summed E-state index contributed by atoms with van der Waals surface area (Å²) in [5.74, 6) is -0.502. The number of fused-ring (bicyclic) bond motifs is 1. The number of nitrogens with zero attached hydrogens (tertiary/aromatic N) is 4. The fraction of sp³-hybridized carbons (Fsp3) is 0.350. The number of ether oxygens (including phenoxy) is 2. The molecule has 1 atom stereocenters. The van der Waals surface area contributed by atoms with Crippen LogP contribution in [-0.4, -0.2) is 37.2 Å². The molecule has 0 aliphatic carbocycles. The SMILES string of the molecule is CC(C)(C)OC(=O)CC(NC(=O)OCc1ccccc1)n1cnc2c(Cl)ncnc21. The first-order chi connectivity index (χ1) is 14.2. The molecule has 0 saturated carbocycles. The van der Waals surface area contributed by atoms with E-state index in [9.17, 15) is 9.59 Å².